The van der Waals surface area contributed by atoms with Crippen molar-refractivity contribution in [3.05, 3.63) is 23.8 Å². The van der Waals surface area contributed by atoms with Crippen molar-refractivity contribution < 1.29 is 8.42 Å². The lowest BCUT2D eigenvalue weighted by Gasteiger charge is -2.21. The first kappa shape index (κ1) is 15.3. The summed E-state index contributed by atoms with van der Waals surface area (Å²) in [4.78, 5) is 0.150. The summed E-state index contributed by atoms with van der Waals surface area (Å²) < 4.78 is 22.8. The molecule has 1 aliphatic heterocycles. The van der Waals surface area contributed by atoms with Gasteiger partial charge in [-0.15, -0.1) is 0 Å². The van der Waals surface area contributed by atoms with Crippen LogP contribution in [0.1, 0.15) is 31.7 Å². The van der Waals surface area contributed by atoms with E-state index in [1.54, 1.807) is 18.2 Å². The van der Waals surface area contributed by atoms with Crippen LogP contribution < -0.4 is 15.8 Å². The highest BCUT2D eigenvalue weighted by molar-refractivity contribution is 7.89. The van der Waals surface area contributed by atoms with Gasteiger partial charge in [-0.25, -0.2) is 13.6 Å². The summed E-state index contributed by atoms with van der Waals surface area (Å²) in [5.41, 5.74) is 1.85. The van der Waals surface area contributed by atoms with E-state index in [1.165, 1.54) is 12.8 Å². The Morgan fingerprint density at radius 2 is 2.25 bits per heavy atom. The maximum atomic E-state index is 11.4. The molecule has 2 unspecified atom stereocenters. The topological polar surface area (TPSA) is 84.2 Å². The number of hydrogen-bond acceptors (Lipinski definition) is 4. The van der Waals surface area contributed by atoms with Crippen LogP contribution in [0.4, 0.5) is 5.69 Å². The van der Waals surface area contributed by atoms with Crippen molar-refractivity contribution in [1.82, 2.24) is 5.32 Å². The Morgan fingerprint density at radius 1 is 1.50 bits per heavy atom. The van der Waals surface area contributed by atoms with Crippen LogP contribution >= 0.6 is 0 Å². The molecule has 2 rings (SSSR count). The van der Waals surface area contributed by atoms with Gasteiger partial charge in [0.05, 0.1) is 4.90 Å². The van der Waals surface area contributed by atoms with E-state index in [2.05, 4.69) is 17.6 Å². The van der Waals surface area contributed by atoms with E-state index in [0.717, 1.165) is 24.2 Å². The number of benzene rings is 1. The zero-order chi connectivity index (χ0) is 14.8. The lowest BCUT2D eigenvalue weighted by Crippen LogP contribution is -2.29. The highest BCUT2D eigenvalue weighted by atomic mass is 32.2. The molecule has 0 spiro atoms. The molecule has 1 saturated heterocycles. The van der Waals surface area contributed by atoms with Crippen molar-refractivity contribution in [2.75, 3.05) is 11.9 Å². The normalized spacial score (nSPS) is 20.9. The van der Waals surface area contributed by atoms with Crippen molar-refractivity contribution in [2.24, 2.45) is 5.14 Å². The van der Waals surface area contributed by atoms with Crippen LogP contribution in [-0.2, 0) is 10.0 Å². The lowest BCUT2D eigenvalue weighted by atomic mass is 10.1. The van der Waals surface area contributed by atoms with Gasteiger partial charge in [-0.3, -0.25) is 0 Å². The van der Waals surface area contributed by atoms with Crippen LogP contribution in [0.25, 0.3) is 0 Å². The molecule has 0 saturated carbocycles. The fourth-order valence-electron chi connectivity index (χ4n) is 2.64. The Balaban J connectivity index is 2.07. The molecule has 0 amide bonds. The van der Waals surface area contributed by atoms with E-state index >= 15 is 0 Å². The van der Waals surface area contributed by atoms with Gasteiger partial charge < -0.3 is 10.6 Å². The summed E-state index contributed by atoms with van der Waals surface area (Å²) in [5.74, 6) is 0. The van der Waals surface area contributed by atoms with Gasteiger partial charge in [-0.1, -0.05) is 6.07 Å². The third-order valence-corrected chi connectivity index (χ3v) is 4.65. The molecule has 2 atom stereocenters. The molecule has 0 radical (unpaired) electrons. The van der Waals surface area contributed by atoms with Gasteiger partial charge in [0, 0.05) is 17.8 Å². The van der Waals surface area contributed by atoms with Crippen molar-refractivity contribution in [1.29, 1.82) is 0 Å². The average Bonchev–Trinajstić information content (AvgIpc) is 2.83. The summed E-state index contributed by atoms with van der Waals surface area (Å²) in [6.07, 6.45) is 3.47. The van der Waals surface area contributed by atoms with Crippen LogP contribution in [0, 0.1) is 6.92 Å². The molecule has 0 bridgehead atoms. The van der Waals surface area contributed by atoms with Gasteiger partial charge in [0.2, 0.25) is 10.0 Å². The minimum atomic E-state index is -3.65. The van der Waals surface area contributed by atoms with Crippen molar-refractivity contribution in [3.8, 4) is 0 Å². The highest BCUT2D eigenvalue weighted by Gasteiger charge is 2.18. The predicted octanol–water partition coefficient (Wildman–Crippen LogP) is 1.58. The second-order valence-electron chi connectivity index (χ2n) is 5.60. The second-order valence-corrected chi connectivity index (χ2v) is 7.16. The Hall–Kier alpha value is -1.11. The quantitative estimate of drug-likeness (QED) is 0.770. The molecule has 1 aromatic rings. The lowest BCUT2D eigenvalue weighted by molar-refractivity contribution is 0.523. The van der Waals surface area contributed by atoms with E-state index in [0.29, 0.717) is 6.04 Å². The Kier molecular flexibility index (Phi) is 4.67. The number of nitrogens with two attached hydrogens (primary N) is 1. The minimum absolute atomic E-state index is 0.150. The van der Waals surface area contributed by atoms with Crippen LogP contribution in [0.5, 0.6) is 0 Å². The number of anilines is 1. The number of sulfonamides is 1. The molecule has 1 fully saturated rings. The van der Waals surface area contributed by atoms with Crippen molar-refractivity contribution >= 4 is 15.7 Å². The molecular formula is C14H23N3O2S. The van der Waals surface area contributed by atoms with Gasteiger partial charge in [-0.2, -0.15) is 0 Å². The molecule has 1 aliphatic rings. The summed E-state index contributed by atoms with van der Waals surface area (Å²) in [7, 11) is -3.65. The van der Waals surface area contributed by atoms with Crippen molar-refractivity contribution in [2.45, 2.75) is 50.1 Å². The number of nitrogens with one attached hydrogen (secondary N) is 2. The third kappa shape index (κ3) is 3.94. The van der Waals surface area contributed by atoms with Gasteiger partial charge >= 0.3 is 0 Å². The smallest absolute Gasteiger partial charge is 0.238 e. The fraction of sp³-hybridized carbons (Fsp3) is 0.571. The van der Waals surface area contributed by atoms with Gasteiger partial charge in [0.1, 0.15) is 0 Å². The van der Waals surface area contributed by atoms with E-state index in [1.807, 2.05) is 6.92 Å². The van der Waals surface area contributed by atoms with Gasteiger partial charge in [0.15, 0.2) is 0 Å². The van der Waals surface area contributed by atoms with Crippen LogP contribution in [-0.4, -0.2) is 27.0 Å². The molecule has 5 nitrogen and oxygen atoms in total. The van der Waals surface area contributed by atoms with Crippen LogP contribution in [0.3, 0.4) is 0 Å². The van der Waals surface area contributed by atoms with Gasteiger partial charge in [0.25, 0.3) is 0 Å². The summed E-state index contributed by atoms with van der Waals surface area (Å²) in [6, 6.07) is 5.77. The average molecular weight is 297 g/mol. The van der Waals surface area contributed by atoms with E-state index in [9.17, 15) is 8.42 Å². The zero-order valence-electron chi connectivity index (χ0n) is 12.0. The number of rotatable bonds is 5. The largest absolute Gasteiger partial charge is 0.382 e. The highest BCUT2D eigenvalue weighted by Crippen LogP contribution is 2.21. The first-order valence-electron chi connectivity index (χ1n) is 6.99. The third-order valence-electron chi connectivity index (χ3n) is 3.74. The van der Waals surface area contributed by atoms with Crippen LogP contribution in [0.15, 0.2) is 23.1 Å². The van der Waals surface area contributed by atoms with Gasteiger partial charge in [-0.05, 0) is 57.4 Å². The predicted molar refractivity (Wildman–Crippen MR) is 81.3 cm³/mol. The number of hydrogen-bond donors (Lipinski definition) is 3. The SMILES string of the molecule is Cc1ccc(S(N)(=O)=O)cc1NC(C)CC1CCCN1. The molecule has 0 aliphatic carbocycles. The monoisotopic (exact) mass is 297 g/mol. The van der Waals surface area contributed by atoms with E-state index < -0.39 is 10.0 Å². The first-order valence-corrected chi connectivity index (χ1v) is 8.54. The number of primary sulfonamides is 1. The molecular weight excluding hydrogens is 274 g/mol. The Labute approximate surface area is 121 Å². The standard InChI is InChI=1S/C14H23N3O2S/c1-10-5-6-13(20(15,18)19)9-14(10)17-11(2)8-12-4-3-7-16-12/h5-6,9,11-12,16-17H,3-4,7-8H2,1-2H3,(H2,15,18,19). The van der Waals surface area contributed by atoms with Crippen molar-refractivity contribution in [3.63, 3.8) is 0 Å². The molecule has 112 valence electrons. The molecule has 0 aromatic heterocycles. The molecule has 20 heavy (non-hydrogen) atoms. The first-order chi connectivity index (χ1) is 9.36. The summed E-state index contributed by atoms with van der Waals surface area (Å²) in [5, 5.41) is 12.0. The second kappa shape index (κ2) is 6.11. The zero-order valence-corrected chi connectivity index (χ0v) is 12.8. The maximum Gasteiger partial charge on any atom is 0.238 e. The van der Waals surface area contributed by atoms with Crippen LogP contribution in [0.2, 0.25) is 0 Å². The molecule has 1 aromatic carbocycles. The molecule has 4 N–H and O–H groups in total. The summed E-state index contributed by atoms with van der Waals surface area (Å²) in [6.45, 7) is 5.16. The number of aryl methyl sites for hydroxylation is 1. The van der Waals surface area contributed by atoms with E-state index in [4.69, 9.17) is 5.14 Å². The summed E-state index contributed by atoms with van der Waals surface area (Å²) >= 11 is 0. The minimum Gasteiger partial charge on any atom is -0.382 e. The Morgan fingerprint density at radius 3 is 2.85 bits per heavy atom. The fourth-order valence-corrected chi connectivity index (χ4v) is 3.18. The van der Waals surface area contributed by atoms with E-state index in [-0.39, 0.29) is 10.9 Å². The molecule has 6 heteroatoms. The molecule has 1 heterocycles. The Bertz CT molecular complexity index is 566. The maximum absolute atomic E-state index is 11.4.